The zero-order chi connectivity index (χ0) is 31.7. The molecular weight excluding hydrogens is 609 g/mol. The fourth-order valence-electron chi connectivity index (χ4n) is 5.27. The summed E-state index contributed by atoms with van der Waals surface area (Å²) < 4.78 is 91.1. The highest BCUT2D eigenvalue weighted by Gasteiger charge is 2.45. The van der Waals surface area contributed by atoms with Gasteiger partial charge in [-0.3, -0.25) is 0 Å². The van der Waals surface area contributed by atoms with Crippen molar-refractivity contribution >= 4 is 33.1 Å². The molecule has 0 saturated carbocycles. The summed E-state index contributed by atoms with van der Waals surface area (Å²) >= 11 is 6.43. The third kappa shape index (κ3) is 6.21. The predicted octanol–water partition coefficient (Wildman–Crippen LogP) is 5.11. The molecule has 1 aliphatic rings. The SMILES string of the molecule is COc1ccc(CN(c2cccc(F)n2)S(=O)(=O)c2c(F)cc(N3CC[C@](OC)([C@@H](C)N(C)C)C3)c(Cl)c2F)c(OC)c1. The first kappa shape index (κ1) is 32.6. The number of hydrogen-bond acceptors (Lipinski definition) is 8. The van der Waals surface area contributed by atoms with E-state index in [1.54, 1.807) is 18.1 Å². The Bertz CT molecular complexity index is 1600. The van der Waals surface area contributed by atoms with E-state index in [0.717, 1.165) is 12.1 Å². The molecule has 4 rings (SSSR count). The summed E-state index contributed by atoms with van der Waals surface area (Å²) in [4.78, 5) is 6.04. The molecule has 2 heterocycles. The first-order chi connectivity index (χ1) is 20.3. The van der Waals surface area contributed by atoms with E-state index in [1.165, 1.54) is 38.5 Å². The largest absolute Gasteiger partial charge is 0.497 e. The van der Waals surface area contributed by atoms with Crippen molar-refractivity contribution in [1.82, 2.24) is 9.88 Å². The van der Waals surface area contributed by atoms with Gasteiger partial charge in [0.25, 0.3) is 10.0 Å². The Balaban J connectivity index is 1.80. The van der Waals surface area contributed by atoms with E-state index >= 15 is 8.78 Å². The van der Waals surface area contributed by atoms with Crippen LogP contribution in [0.5, 0.6) is 11.5 Å². The third-order valence-electron chi connectivity index (χ3n) is 7.96. The lowest BCUT2D eigenvalue weighted by Gasteiger charge is -2.38. The Kier molecular flexibility index (Phi) is 9.69. The van der Waals surface area contributed by atoms with Crippen LogP contribution in [0.4, 0.5) is 24.7 Å². The lowest BCUT2D eigenvalue weighted by molar-refractivity contribution is -0.0456. The van der Waals surface area contributed by atoms with Crippen molar-refractivity contribution in [2.24, 2.45) is 0 Å². The molecule has 0 aliphatic carbocycles. The van der Waals surface area contributed by atoms with Crippen LogP contribution in [0, 0.1) is 17.6 Å². The van der Waals surface area contributed by atoms with Crippen molar-refractivity contribution in [3.05, 3.63) is 70.6 Å². The minimum atomic E-state index is -5.05. The van der Waals surface area contributed by atoms with Gasteiger partial charge in [-0.05, 0) is 51.7 Å². The standard InChI is InChI=1S/C29H34ClF3N4O5S/c1-18(35(2)3)29(42-6)12-13-36(17-29)22-15-21(31)28(27(33)26(22)30)43(38,39)37(25-9-7-8-24(32)34-25)16-19-10-11-20(40-4)14-23(19)41-5/h7-11,14-15,18H,12-13,16-17H2,1-6H3/t18-,29-/m1/s1. The highest BCUT2D eigenvalue weighted by Crippen LogP contribution is 2.41. The highest BCUT2D eigenvalue weighted by molar-refractivity contribution is 7.92. The van der Waals surface area contributed by atoms with Crippen molar-refractivity contribution in [2.75, 3.05) is 57.7 Å². The number of aromatic nitrogens is 1. The van der Waals surface area contributed by atoms with Gasteiger partial charge in [-0.15, -0.1) is 0 Å². The van der Waals surface area contributed by atoms with E-state index in [4.69, 9.17) is 25.8 Å². The summed E-state index contributed by atoms with van der Waals surface area (Å²) in [6.45, 7) is 2.12. The zero-order valence-corrected chi connectivity index (χ0v) is 26.3. The Labute approximate surface area is 254 Å². The number of ether oxygens (including phenoxy) is 3. The molecule has 2 aromatic carbocycles. The van der Waals surface area contributed by atoms with E-state index in [1.807, 2.05) is 25.9 Å². The van der Waals surface area contributed by atoms with Crippen LogP contribution in [0.1, 0.15) is 18.9 Å². The molecule has 1 aliphatic heterocycles. The second kappa shape index (κ2) is 12.8. The van der Waals surface area contributed by atoms with Crippen LogP contribution in [-0.4, -0.2) is 78.5 Å². The molecule has 0 amide bonds. The topological polar surface area (TPSA) is 84.4 Å². The average molecular weight is 643 g/mol. The fourth-order valence-corrected chi connectivity index (χ4v) is 7.10. The molecular formula is C29H34ClF3N4O5S. The quantitative estimate of drug-likeness (QED) is 0.211. The summed E-state index contributed by atoms with van der Waals surface area (Å²) in [6.07, 6.45) is 0.547. The van der Waals surface area contributed by atoms with E-state index < -0.39 is 55.5 Å². The lowest BCUT2D eigenvalue weighted by atomic mass is 9.93. The number of nitrogens with zero attached hydrogens (tertiary/aromatic N) is 4. The van der Waals surface area contributed by atoms with Gasteiger partial charge in [0, 0.05) is 43.9 Å². The molecule has 0 spiro atoms. The molecule has 234 valence electrons. The lowest BCUT2D eigenvalue weighted by Crippen LogP contribution is -2.51. The highest BCUT2D eigenvalue weighted by atomic mass is 35.5. The monoisotopic (exact) mass is 642 g/mol. The van der Waals surface area contributed by atoms with Gasteiger partial charge in [0.15, 0.2) is 10.7 Å². The molecule has 9 nitrogen and oxygen atoms in total. The molecule has 0 bridgehead atoms. The minimum Gasteiger partial charge on any atom is -0.497 e. The first-order valence-electron chi connectivity index (χ1n) is 13.3. The van der Waals surface area contributed by atoms with Gasteiger partial charge in [-0.2, -0.15) is 4.39 Å². The second-order valence-electron chi connectivity index (χ2n) is 10.4. The van der Waals surface area contributed by atoms with Gasteiger partial charge < -0.3 is 24.0 Å². The Morgan fingerprint density at radius 1 is 1.09 bits per heavy atom. The molecule has 0 unspecified atom stereocenters. The van der Waals surface area contributed by atoms with Crippen LogP contribution in [0.3, 0.4) is 0 Å². The molecule has 1 saturated heterocycles. The van der Waals surface area contributed by atoms with Crippen LogP contribution >= 0.6 is 11.6 Å². The smallest absolute Gasteiger partial charge is 0.271 e. The number of anilines is 2. The third-order valence-corrected chi connectivity index (χ3v) is 10.1. The summed E-state index contributed by atoms with van der Waals surface area (Å²) in [6, 6.07) is 8.91. The number of likely N-dealkylation sites (N-methyl/N-ethyl adjacent to an activating group) is 1. The number of hydrogen-bond donors (Lipinski definition) is 0. The minimum absolute atomic E-state index is 0.00671. The molecule has 2 atom stereocenters. The van der Waals surface area contributed by atoms with Gasteiger partial charge in [0.1, 0.15) is 33.8 Å². The van der Waals surface area contributed by atoms with Gasteiger partial charge in [-0.25, -0.2) is 26.5 Å². The Morgan fingerprint density at radius 3 is 2.42 bits per heavy atom. The molecule has 3 aromatic rings. The summed E-state index contributed by atoms with van der Waals surface area (Å²) in [5, 5.41) is -0.571. The summed E-state index contributed by atoms with van der Waals surface area (Å²) in [7, 11) is 3.14. The number of rotatable bonds is 11. The maximum Gasteiger partial charge on any atom is 0.271 e. The van der Waals surface area contributed by atoms with E-state index in [-0.39, 0.29) is 24.0 Å². The predicted molar refractivity (Wildman–Crippen MR) is 158 cm³/mol. The van der Waals surface area contributed by atoms with E-state index in [9.17, 15) is 12.8 Å². The van der Waals surface area contributed by atoms with Crippen LogP contribution in [0.15, 0.2) is 47.4 Å². The van der Waals surface area contributed by atoms with Crippen molar-refractivity contribution in [1.29, 1.82) is 0 Å². The molecule has 43 heavy (non-hydrogen) atoms. The number of benzene rings is 2. The number of halogens is 4. The normalized spacial score (nSPS) is 17.8. The number of methoxy groups -OCH3 is 3. The van der Waals surface area contributed by atoms with Crippen LogP contribution in [0.2, 0.25) is 5.02 Å². The Morgan fingerprint density at radius 2 is 1.81 bits per heavy atom. The maximum atomic E-state index is 16.0. The molecule has 0 radical (unpaired) electrons. The number of pyridine rings is 1. The fraction of sp³-hybridized carbons (Fsp3) is 0.414. The summed E-state index contributed by atoms with van der Waals surface area (Å²) in [5.41, 5.74) is -0.362. The zero-order valence-electron chi connectivity index (χ0n) is 24.7. The average Bonchev–Trinajstić information content (AvgIpc) is 3.42. The first-order valence-corrected chi connectivity index (χ1v) is 15.1. The number of sulfonamides is 1. The van der Waals surface area contributed by atoms with Gasteiger partial charge >= 0.3 is 0 Å². The van der Waals surface area contributed by atoms with Crippen LogP contribution in [-0.2, 0) is 21.3 Å². The molecule has 1 fully saturated rings. The molecule has 0 N–H and O–H groups in total. The van der Waals surface area contributed by atoms with Crippen LogP contribution < -0.4 is 18.7 Å². The molecule has 1 aromatic heterocycles. The van der Waals surface area contributed by atoms with Gasteiger partial charge in [-0.1, -0.05) is 17.7 Å². The maximum absolute atomic E-state index is 16.0. The molecule has 14 heteroatoms. The summed E-state index contributed by atoms with van der Waals surface area (Å²) in [5.74, 6) is -3.58. The van der Waals surface area contributed by atoms with E-state index in [0.29, 0.717) is 28.6 Å². The van der Waals surface area contributed by atoms with Crippen molar-refractivity contribution < 1.29 is 35.8 Å². The van der Waals surface area contributed by atoms with Gasteiger partial charge in [0.2, 0.25) is 5.95 Å². The van der Waals surface area contributed by atoms with Crippen molar-refractivity contribution in [3.8, 4) is 11.5 Å². The Hall–Kier alpha value is -3.26. The van der Waals surface area contributed by atoms with Crippen molar-refractivity contribution in [2.45, 2.75) is 36.4 Å². The second-order valence-corrected chi connectivity index (χ2v) is 12.6. The van der Waals surface area contributed by atoms with Gasteiger partial charge in [0.05, 0.1) is 26.5 Å². The van der Waals surface area contributed by atoms with Crippen molar-refractivity contribution in [3.63, 3.8) is 0 Å². The van der Waals surface area contributed by atoms with Crippen LogP contribution in [0.25, 0.3) is 0 Å². The van der Waals surface area contributed by atoms with E-state index in [2.05, 4.69) is 4.98 Å².